The second-order valence-electron chi connectivity index (χ2n) is 7.21. The summed E-state index contributed by atoms with van der Waals surface area (Å²) in [5.41, 5.74) is 1.64. The standard InChI is InChI=1S/C19H19N4O6P/c1-13(29-30(26,21-6-7-21)22-8-9-22)14-2-4-17(23(24)25)19(10-14)28-15-3-5-18-16(11-15)20-12-27-18/h2-5,10-13H,6-9H2,1H3. The van der Waals surface area contributed by atoms with Crippen molar-refractivity contribution in [1.29, 1.82) is 0 Å². The molecule has 0 aliphatic carbocycles. The molecule has 5 rings (SSSR count). The van der Waals surface area contributed by atoms with Crippen molar-refractivity contribution < 1.29 is 23.2 Å². The maximum atomic E-state index is 13.2. The molecule has 2 aliphatic rings. The van der Waals surface area contributed by atoms with Gasteiger partial charge in [0.2, 0.25) is 5.75 Å². The number of benzene rings is 2. The second-order valence-corrected chi connectivity index (χ2v) is 9.54. The number of aromatic nitrogens is 1. The molecule has 30 heavy (non-hydrogen) atoms. The lowest BCUT2D eigenvalue weighted by Crippen LogP contribution is -2.10. The first-order chi connectivity index (χ1) is 14.4. The van der Waals surface area contributed by atoms with Gasteiger partial charge in [-0.3, -0.25) is 19.2 Å². The minimum atomic E-state index is -3.02. The Balaban J connectivity index is 1.43. The Labute approximate surface area is 171 Å². The Morgan fingerprint density at radius 2 is 1.90 bits per heavy atom. The third kappa shape index (κ3) is 3.59. The molecule has 2 aliphatic heterocycles. The SMILES string of the molecule is CC(OP(=O)(N1CC1)N1CC1)c1ccc([N+](=O)[O-])c(Oc2ccc3ocnc3c2)c1. The number of nitro groups is 1. The first-order valence-corrected chi connectivity index (χ1v) is 11.1. The monoisotopic (exact) mass is 430 g/mol. The topological polar surface area (TPSA) is 111 Å². The maximum absolute atomic E-state index is 13.2. The van der Waals surface area contributed by atoms with Gasteiger partial charge in [-0.1, -0.05) is 0 Å². The summed E-state index contributed by atoms with van der Waals surface area (Å²) >= 11 is 0. The molecule has 0 saturated carbocycles. The number of nitro benzene ring substituents is 1. The van der Waals surface area contributed by atoms with Crippen molar-refractivity contribution in [2.24, 2.45) is 0 Å². The van der Waals surface area contributed by atoms with E-state index in [1.54, 1.807) is 37.3 Å². The molecule has 1 aromatic heterocycles. The summed E-state index contributed by atoms with van der Waals surface area (Å²) in [7, 11) is -3.02. The van der Waals surface area contributed by atoms with Gasteiger partial charge in [0.25, 0.3) is 0 Å². The zero-order valence-electron chi connectivity index (χ0n) is 16.1. The summed E-state index contributed by atoms with van der Waals surface area (Å²) in [6, 6.07) is 9.52. The lowest BCUT2D eigenvalue weighted by atomic mass is 10.1. The molecule has 0 spiro atoms. The van der Waals surface area contributed by atoms with Gasteiger partial charge in [-0.25, -0.2) is 14.3 Å². The normalized spacial score (nSPS) is 17.8. The van der Waals surface area contributed by atoms with Crippen molar-refractivity contribution in [3.63, 3.8) is 0 Å². The highest BCUT2D eigenvalue weighted by Gasteiger charge is 2.50. The molecule has 0 radical (unpaired) electrons. The minimum Gasteiger partial charge on any atom is -0.450 e. The van der Waals surface area contributed by atoms with Crippen molar-refractivity contribution in [1.82, 2.24) is 14.3 Å². The van der Waals surface area contributed by atoms with E-state index in [2.05, 4.69) is 4.98 Å². The maximum Gasteiger partial charge on any atom is 0.346 e. The van der Waals surface area contributed by atoms with E-state index in [4.69, 9.17) is 13.7 Å². The summed E-state index contributed by atoms with van der Waals surface area (Å²) in [6.45, 7) is 4.78. The molecule has 3 aromatic rings. The average molecular weight is 430 g/mol. The van der Waals surface area contributed by atoms with Crippen LogP contribution < -0.4 is 4.74 Å². The van der Waals surface area contributed by atoms with E-state index in [0.717, 1.165) is 26.2 Å². The van der Waals surface area contributed by atoms with Crippen LogP contribution in [0.2, 0.25) is 0 Å². The Morgan fingerprint density at radius 3 is 2.57 bits per heavy atom. The third-order valence-corrected chi connectivity index (χ3v) is 7.86. The quantitative estimate of drug-likeness (QED) is 0.223. The predicted octanol–water partition coefficient (Wildman–Crippen LogP) is 4.35. The molecule has 1 unspecified atom stereocenters. The van der Waals surface area contributed by atoms with Crippen molar-refractivity contribution in [2.75, 3.05) is 26.2 Å². The van der Waals surface area contributed by atoms with Crippen molar-refractivity contribution in [3.8, 4) is 11.5 Å². The number of nitrogens with zero attached hydrogens (tertiary/aromatic N) is 4. The first kappa shape index (κ1) is 19.2. The van der Waals surface area contributed by atoms with Gasteiger partial charge in [-0.05, 0) is 36.8 Å². The van der Waals surface area contributed by atoms with Crippen LogP contribution in [-0.4, -0.2) is 45.4 Å². The van der Waals surface area contributed by atoms with Crippen molar-refractivity contribution in [2.45, 2.75) is 13.0 Å². The largest absolute Gasteiger partial charge is 0.450 e. The summed E-state index contributed by atoms with van der Waals surface area (Å²) < 4.78 is 33.9. The van der Waals surface area contributed by atoms with Crippen LogP contribution in [0.25, 0.3) is 11.1 Å². The van der Waals surface area contributed by atoms with Crippen LogP contribution in [0.1, 0.15) is 18.6 Å². The van der Waals surface area contributed by atoms with Crippen LogP contribution >= 0.6 is 7.67 Å². The lowest BCUT2D eigenvalue weighted by Gasteiger charge is -2.24. The van der Waals surface area contributed by atoms with Gasteiger partial charge >= 0.3 is 13.4 Å². The second kappa shape index (κ2) is 7.17. The number of rotatable bonds is 8. The molecule has 0 bridgehead atoms. The van der Waals surface area contributed by atoms with Crippen LogP contribution in [0.4, 0.5) is 5.69 Å². The van der Waals surface area contributed by atoms with E-state index in [9.17, 15) is 14.7 Å². The zero-order chi connectivity index (χ0) is 20.9. The minimum absolute atomic E-state index is 0.0732. The number of oxazole rings is 1. The number of hydrogen-bond donors (Lipinski definition) is 0. The van der Waals surface area contributed by atoms with Crippen molar-refractivity contribution in [3.05, 3.63) is 58.5 Å². The van der Waals surface area contributed by atoms with Crippen LogP contribution in [0, 0.1) is 10.1 Å². The average Bonchev–Trinajstić information content (AvgIpc) is 3.64. The molecule has 156 valence electrons. The van der Waals surface area contributed by atoms with Gasteiger partial charge in [0.15, 0.2) is 12.0 Å². The third-order valence-electron chi connectivity index (χ3n) is 5.04. The summed E-state index contributed by atoms with van der Waals surface area (Å²) in [5, 5.41) is 11.5. The molecule has 0 N–H and O–H groups in total. The molecule has 2 fully saturated rings. The molecule has 11 heteroatoms. The number of ether oxygens (including phenoxy) is 1. The molecular formula is C19H19N4O6P. The van der Waals surface area contributed by atoms with Gasteiger partial charge in [-0.2, -0.15) is 0 Å². The Bertz CT molecular complexity index is 1160. The van der Waals surface area contributed by atoms with Gasteiger partial charge < -0.3 is 9.15 Å². The fraction of sp³-hybridized carbons (Fsp3) is 0.316. The predicted molar refractivity (Wildman–Crippen MR) is 107 cm³/mol. The van der Waals surface area contributed by atoms with Gasteiger partial charge in [-0.15, -0.1) is 0 Å². The van der Waals surface area contributed by atoms with E-state index >= 15 is 0 Å². The van der Waals surface area contributed by atoms with Gasteiger partial charge in [0.05, 0.1) is 11.0 Å². The van der Waals surface area contributed by atoms with Crippen LogP contribution in [0.3, 0.4) is 0 Å². The van der Waals surface area contributed by atoms with Crippen molar-refractivity contribution >= 4 is 24.5 Å². The Kier molecular flexibility index (Phi) is 4.59. The fourth-order valence-corrected chi connectivity index (χ4v) is 5.57. The number of hydrogen-bond acceptors (Lipinski definition) is 7. The molecular weight excluding hydrogens is 411 g/mol. The highest BCUT2D eigenvalue weighted by molar-refractivity contribution is 7.54. The molecule has 1 atom stereocenters. The van der Waals surface area contributed by atoms with E-state index < -0.39 is 18.7 Å². The molecule has 10 nitrogen and oxygen atoms in total. The molecule has 2 saturated heterocycles. The van der Waals surface area contributed by atoms with E-state index in [1.807, 2.05) is 9.34 Å². The van der Waals surface area contributed by atoms with Gasteiger partial charge in [0.1, 0.15) is 11.3 Å². The zero-order valence-corrected chi connectivity index (χ0v) is 17.0. The van der Waals surface area contributed by atoms with Crippen LogP contribution in [-0.2, 0) is 9.09 Å². The Hall–Kier alpha value is -2.78. The van der Waals surface area contributed by atoms with E-state index in [1.165, 1.54) is 12.5 Å². The summed E-state index contributed by atoms with van der Waals surface area (Å²) in [4.78, 5) is 15.1. The molecule has 0 amide bonds. The van der Waals surface area contributed by atoms with Crippen LogP contribution in [0.15, 0.2) is 47.2 Å². The number of fused-ring (bicyclic) bond motifs is 1. The molecule has 3 heterocycles. The van der Waals surface area contributed by atoms with Gasteiger partial charge in [0, 0.05) is 38.3 Å². The van der Waals surface area contributed by atoms with E-state index in [-0.39, 0.29) is 11.4 Å². The summed E-state index contributed by atoms with van der Waals surface area (Å²) in [6.07, 6.45) is 0.791. The van der Waals surface area contributed by atoms with Crippen LogP contribution in [0.5, 0.6) is 11.5 Å². The summed E-state index contributed by atoms with van der Waals surface area (Å²) in [5.74, 6) is 0.466. The first-order valence-electron chi connectivity index (χ1n) is 9.53. The molecule has 2 aromatic carbocycles. The van der Waals surface area contributed by atoms with E-state index in [0.29, 0.717) is 22.4 Å². The Morgan fingerprint density at radius 1 is 1.17 bits per heavy atom. The smallest absolute Gasteiger partial charge is 0.346 e. The fourth-order valence-electron chi connectivity index (χ4n) is 3.22. The lowest BCUT2D eigenvalue weighted by molar-refractivity contribution is -0.385. The highest BCUT2D eigenvalue weighted by Crippen LogP contribution is 2.63. The highest BCUT2D eigenvalue weighted by atomic mass is 31.2.